The van der Waals surface area contributed by atoms with E-state index in [1.165, 1.54) is 0 Å². The van der Waals surface area contributed by atoms with Gasteiger partial charge in [0.25, 0.3) is 0 Å². The molecule has 1 saturated carbocycles. The van der Waals surface area contributed by atoms with Crippen molar-refractivity contribution in [3.8, 4) is 0 Å². The van der Waals surface area contributed by atoms with Gasteiger partial charge < -0.3 is 5.73 Å². The molecule has 3 atom stereocenters. The van der Waals surface area contributed by atoms with Crippen LogP contribution in [0.5, 0.6) is 0 Å². The average Bonchev–Trinajstić information content (AvgIpc) is 2.41. The van der Waals surface area contributed by atoms with Crippen molar-refractivity contribution in [1.29, 1.82) is 0 Å². The summed E-state index contributed by atoms with van der Waals surface area (Å²) in [5, 5.41) is -0.322. The summed E-state index contributed by atoms with van der Waals surface area (Å²) in [6, 6.07) is 5.65. The second-order valence-corrected chi connectivity index (χ2v) is 8.40. The third-order valence-corrected chi connectivity index (χ3v) is 6.97. The van der Waals surface area contributed by atoms with Crippen LogP contribution in [-0.4, -0.2) is 20.2 Å². The van der Waals surface area contributed by atoms with Crippen molar-refractivity contribution in [1.82, 2.24) is 0 Å². The molecule has 0 bridgehead atoms. The molecule has 0 saturated heterocycles. The van der Waals surface area contributed by atoms with E-state index < -0.39 is 9.84 Å². The Morgan fingerprint density at radius 2 is 1.95 bits per heavy atom. The van der Waals surface area contributed by atoms with Gasteiger partial charge in [0.2, 0.25) is 0 Å². The van der Waals surface area contributed by atoms with Crippen molar-refractivity contribution < 1.29 is 8.42 Å². The first kappa shape index (κ1) is 15.5. The smallest absolute Gasteiger partial charge is 0.181 e. The highest BCUT2D eigenvalue weighted by Gasteiger charge is 2.38. The molecule has 1 aromatic rings. The molecular formula is C16H25NO2S. The third kappa shape index (κ3) is 2.91. The zero-order valence-electron chi connectivity index (χ0n) is 12.6. The Labute approximate surface area is 122 Å². The number of hydrogen-bond acceptors (Lipinski definition) is 3. The molecule has 1 aliphatic rings. The van der Waals surface area contributed by atoms with Gasteiger partial charge in [0.05, 0.1) is 10.1 Å². The van der Waals surface area contributed by atoms with E-state index in [1.807, 2.05) is 26.0 Å². The summed E-state index contributed by atoms with van der Waals surface area (Å²) in [5.74, 6) is 0.554. The van der Waals surface area contributed by atoms with Gasteiger partial charge in [0.1, 0.15) is 0 Å². The Bertz CT molecular complexity index is 580. The zero-order chi connectivity index (χ0) is 14.9. The lowest BCUT2D eigenvalue weighted by molar-refractivity contribution is 0.296. The molecule has 0 amide bonds. The largest absolute Gasteiger partial charge is 0.330 e. The van der Waals surface area contributed by atoms with Gasteiger partial charge in [-0.05, 0) is 62.3 Å². The summed E-state index contributed by atoms with van der Waals surface area (Å²) in [7, 11) is -3.29. The maximum atomic E-state index is 13.0. The summed E-state index contributed by atoms with van der Waals surface area (Å²) < 4.78 is 26.0. The van der Waals surface area contributed by atoms with Crippen LogP contribution in [0.4, 0.5) is 0 Å². The predicted octanol–water partition coefficient (Wildman–Crippen LogP) is 2.84. The van der Waals surface area contributed by atoms with Gasteiger partial charge in [-0.15, -0.1) is 0 Å². The fourth-order valence-electron chi connectivity index (χ4n) is 3.22. The van der Waals surface area contributed by atoms with Crippen molar-refractivity contribution in [3.05, 3.63) is 29.3 Å². The van der Waals surface area contributed by atoms with E-state index in [4.69, 9.17) is 5.73 Å². The molecule has 2 N–H and O–H groups in total. The standard InChI is InChI=1S/C16H25NO2S/c1-11-4-6-13(3)15(8-11)20(18,19)16-9-12(2)5-7-14(16)10-17/h4,6,8,12,14,16H,5,7,9-10,17H2,1-3H3. The summed E-state index contributed by atoms with van der Waals surface area (Å²) in [6.45, 7) is 6.40. The van der Waals surface area contributed by atoms with Crippen molar-refractivity contribution in [2.75, 3.05) is 6.54 Å². The van der Waals surface area contributed by atoms with Crippen LogP contribution in [0.3, 0.4) is 0 Å². The molecule has 1 fully saturated rings. The third-order valence-electron chi connectivity index (χ3n) is 4.54. The Hall–Kier alpha value is -0.870. The minimum Gasteiger partial charge on any atom is -0.330 e. The summed E-state index contributed by atoms with van der Waals surface area (Å²) in [5.41, 5.74) is 7.64. The first-order valence-corrected chi connectivity index (χ1v) is 8.92. The molecule has 0 aliphatic heterocycles. The molecule has 1 aromatic carbocycles. The molecule has 0 radical (unpaired) electrons. The molecule has 4 heteroatoms. The molecule has 2 rings (SSSR count). The van der Waals surface area contributed by atoms with Gasteiger partial charge in [-0.2, -0.15) is 0 Å². The van der Waals surface area contributed by atoms with E-state index in [-0.39, 0.29) is 11.2 Å². The van der Waals surface area contributed by atoms with Gasteiger partial charge in [-0.1, -0.05) is 25.5 Å². The molecular weight excluding hydrogens is 270 g/mol. The van der Waals surface area contributed by atoms with E-state index >= 15 is 0 Å². The molecule has 0 heterocycles. The second kappa shape index (κ2) is 5.86. The monoisotopic (exact) mass is 295 g/mol. The zero-order valence-corrected chi connectivity index (χ0v) is 13.4. The fourth-order valence-corrected chi connectivity index (χ4v) is 5.75. The SMILES string of the molecule is Cc1ccc(C)c(S(=O)(=O)C2CC(C)CCC2CN)c1. The van der Waals surface area contributed by atoms with Crippen molar-refractivity contribution >= 4 is 9.84 Å². The van der Waals surface area contributed by atoms with Gasteiger partial charge in [0, 0.05) is 0 Å². The Morgan fingerprint density at radius 1 is 1.25 bits per heavy atom. The van der Waals surface area contributed by atoms with Crippen molar-refractivity contribution in [2.24, 2.45) is 17.6 Å². The minimum absolute atomic E-state index is 0.0936. The van der Waals surface area contributed by atoms with Crippen LogP contribution >= 0.6 is 0 Å². The molecule has 112 valence electrons. The lowest BCUT2D eigenvalue weighted by Gasteiger charge is -2.34. The van der Waals surface area contributed by atoms with Crippen LogP contribution in [0.1, 0.15) is 37.3 Å². The Kier molecular flexibility index (Phi) is 4.55. The number of rotatable bonds is 3. The molecule has 0 aromatic heterocycles. The van der Waals surface area contributed by atoms with Crippen molar-refractivity contribution in [2.45, 2.75) is 50.2 Å². The highest BCUT2D eigenvalue weighted by Crippen LogP contribution is 2.36. The number of nitrogens with two attached hydrogens (primary N) is 1. The first-order valence-electron chi connectivity index (χ1n) is 7.37. The number of aryl methyl sites for hydroxylation is 2. The van der Waals surface area contributed by atoms with Crippen LogP contribution in [0.15, 0.2) is 23.1 Å². The minimum atomic E-state index is -3.29. The number of hydrogen-bond donors (Lipinski definition) is 1. The van der Waals surface area contributed by atoms with Crippen LogP contribution in [0.25, 0.3) is 0 Å². The van der Waals surface area contributed by atoms with E-state index in [0.29, 0.717) is 17.4 Å². The normalized spacial score (nSPS) is 27.5. The van der Waals surface area contributed by atoms with Crippen LogP contribution in [-0.2, 0) is 9.84 Å². The summed E-state index contributed by atoms with van der Waals surface area (Å²) >= 11 is 0. The molecule has 3 nitrogen and oxygen atoms in total. The van der Waals surface area contributed by atoms with Crippen LogP contribution in [0.2, 0.25) is 0 Å². The lowest BCUT2D eigenvalue weighted by atomic mass is 9.82. The Balaban J connectivity index is 2.44. The van der Waals surface area contributed by atoms with Crippen molar-refractivity contribution in [3.63, 3.8) is 0 Å². The van der Waals surface area contributed by atoms with E-state index in [2.05, 4.69) is 6.92 Å². The van der Waals surface area contributed by atoms with E-state index in [9.17, 15) is 8.42 Å². The Morgan fingerprint density at radius 3 is 2.60 bits per heavy atom. The topological polar surface area (TPSA) is 60.2 Å². The average molecular weight is 295 g/mol. The quantitative estimate of drug-likeness (QED) is 0.932. The molecule has 20 heavy (non-hydrogen) atoms. The van der Waals surface area contributed by atoms with Crippen LogP contribution < -0.4 is 5.73 Å². The maximum absolute atomic E-state index is 13.0. The number of benzene rings is 1. The summed E-state index contributed by atoms with van der Waals surface area (Å²) in [6.07, 6.45) is 2.74. The fraction of sp³-hybridized carbons (Fsp3) is 0.625. The molecule has 3 unspecified atom stereocenters. The lowest BCUT2D eigenvalue weighted by Crippen LogP contribution is -2.39. The molecule has 1 aliphatic carbocycles. The molecule has 0 spiro atoms. The van der Waals surface area contributed by atoms with Gasteiger partial charge in [0.15, 0.2) is 9.84 Å². The highest BCUT2D eigenvalue weighted by molar-refractivity contribution is 7.92. The summed E-state index contributed by atoms with van der Waals surface area (Å²) in [4.78, 5) is 0.495. The second-order valence-electron chi connectivity index (χ2n) is 6.27. The maximum Gasteiger partial charge on any atom is 0.181 e. The van der Waals surface area contributed by atoms with Gasteiger partial charge >= 0.3 is 0 Å². The van der Waals surface area contributed by atoms with Crippen LogP contribution in [0, 0.1) is 25.7 Å². The first-order chi connectivity index (χ1) is 9.36. The van der Waals surface area contributed by atoms with Gasteiger partial charge in [-0.3, -0.25) is 0 Å². The van der Waals surface area contributed by atoms with Gasteiger partial charge in [-0.25, -0.2) is 8.42 Å². The van der Waals surface area contributed by atoms with E-state index in [1.54, 1.807) is 6.07 Å². The van der Waals surface area contributed by atoms with E-state index in [0.717, 1.165) is 30.4 Å². The highest BCUT2D eigenvalue weighted by atomic mass is 32.2. The predicted molar refractivity (Wildman–Crippen MR) is 82.4 cm³/mol. The number of sulfone groups is 1.